The van der Waals surface area contributed by atoms with Gasteiger partial charge in [0.1, 0.15) is 0 Å². The number of ether oxygens (including phenoxy) is 1. The van der Waals surface area contributed by atoms with Gasteiger partial charge in [-0.2, -0.15) is 5.10 Å². The zero-order valence-electron chi connectivity index (χ0n) is 8.82. The van der Waals surface area contributed by atoms with E-state index in [1.807, 2.05) is 7.05 Å². The molecule has 0 spiro atoms. The van der Waals surface area contributed by atoms with Crippen molar-refractivity contribution in [3.63, 3.8) is 0 Å². The zero-order chi connectivity index (χ0) is 10.8. The molecule has 0 aliphatic carbocycles. The Morgan fingerprint density at radius 1 is 1.67 bits per heavy atom. The summed E-state index contributed by atoms with van der Waals surface area (Å²) >= 11 is 6.04. The molecule has 1 aliphatic rings. The molecule has 2 rings (SSSR count). The van der Waals surface area contributed by atoms with E-state index in [0.717, 1.165) is 25.1 Å². The van der Waals surface area contributed by atoms with Gasteiger partial charge in [-0.1, -0.05) is 11.6 Å². The van der Waals surface area contributed by atoms with Crippen LogP contribution in [0.4, 0.5) is 0 Å². The van der Waals surface area contributed by atoms with Crippen LogP contribution in [0.2, 0.25) is 5.02 Å². The summed E-state index contributed by atoms with van der Waals surface area (Å²) in [4.78, 5) is 0. The summed E-state index contributed by atoms with van der Waals surface area (Å²) in [7, 11) is 1.85. The van der Waals surface area contributed by atoms with E-state index >= 15 is 0 Å². The topological polar surface area (TPSA) is 53.1 Å². The highest BCUT2D eigenvalue weighted by atomic mass is 35.5. The third-order valence-corrected chi connectivity index (χ3v) is 3.16. The molecule has 0 bridgehead atoms. The molecule has 84 valence electrons. The van der Waals surface area contributed by atoms with Crippen molar-refractivity contribution in [3.8, 4) is 0 Å². The third-order valence-electron chi connectivity index (χ3n) is 2.87. The fraction of sp³-hybridized carbons (Fsp3) is 0.700. The minimum Gasteiger partial charge on any atom is -0.376 e. The largest absolute Gasteiger partial charge is 0.376 e. The van der Waals surface area contributed by atoms with E-state index in [1.54, 1.807) is 10.9 Å². The second kappa shape index (κ2) is 4.51. The van der Waals surface area contributed by atoms with Gasteiger partial charge in [-0.25, -0.2) is 0 Å². The number of nitrogens with two attached hydrogens (primary N) is 1. The summed E-state index contributed by atoms with van der Waals surface area (Å²) in [5.74, 6) is 0. The fourth-order valence-corrected chi connectivity index (χ4v) is 2.31. The number of hydrogen-bond acceptors (Lipinski definition) is 3. The van der Waals surface area contributed by atoms with Gasteiger partial charge < -0.3 is 10.5 Å². The lowest BCUT2D eigenvalue weighted by atomic mass is 10.0. The van der Waals surface area contributed by atoms with Crippen molar-refractivity contribution in [3.05, 3.63) is 16.9 Å². The minimum atomic E-state index is -0.176. The molecule has 2 N–H and O–H groups in total. The highest BCUT2D eigenvalue weighted by molar-refractivity contribution is 6.31. The quantitative estimate of drug-likeness (QED) is 0.839. The van der Waals surface area contributed by atoms with Gasteiger partial charge in [0.15, 0.2) is 0 Å². The van der Waals surface area contributed by atoms with Gasteiger partial charge in [-0.15, -0.1) is 0 Å². The molecule has 1 aromatic rings. The smallest absolute Gasteiger partial charge is 0.0834 e. The Labute approximate surface area is 94.3 Å². The van der Waals surface area contributed by atoms with Crippen molar-refractivity contribution < 1.29 is 4.74 Å². The number of nitrogens with zero attached hydrogens (tertiary/aromatic N) is 2. The van der Waals surface area contributed by atoms with Crippen molar-refractivity contribution in [2.45, 2.75) is 31.4 Å². The van der Waals surface area contributed by atoms with Crippen molar-refractivity contribution in [1.29, 1.82) is 0 Å². The Kier molecular flexibility index (Phi) is 3.29. The second-order valence-corrected chi connectivity index (χ2v) is 4.34. The van der Waals surface area contributed by atoms with Gasteiger partial charge in [0.2, 0.25) is 0 Å². The Bertz CT molecular complexity index is 314. The van der Waals surface area contributed by atoms with E-state index in [9.17, 15) is 0 Å². The lowest BCUT2D eigenvalue weighted by molar-refractivity contribution is -0.00142. The number of hydrogen-bond donors (Lipinski definition) is 1. The molecule has 2 atom stereocenters. The van der Waals surface area contributed by atoms with Crippen LogP contribution in [0.3, 0.4) is 0 Å². The summed E-state index contributed by atoms with van der Waals surface area (Å²) in [6, 6.07) is -0.176. The molecule has 0 aromatic carbocycles. The number of rotatable bonds is 2. The Morgan fingerprint density at radius 2 is 2.47 bits per heavy atom. The van der Waals surface area contributed by atoms with Crippen LogP contribution in [0.1, 0.15) is 31.0 Å². The lowest BCUT2D eigenvalue weighted by Gasteiger charge is -2.28. The van der Waals surface area contributed by atoms with E-state index in [-0.39, 0.29) is 12.1 Å². The predicted octanol–water partition coefficient (Wildman–Crippen LogP) is 1.64. The van der Waals surface area contributed by atoms with E-state index in [2.05, 4.69) is 5.10 Å². The normalized spacial score (nSPS) is 24.1. The van der Waals surface area contributed by atoms with Gasteiger partial charge >= 0.3 is 0 Å². The third kappa shape index (κ3) is 2.17. The Hall–Kier alpha value is -0.580. The molecule has 4 nitrogen and oxygen atoms in total. The summed E-state index contributed by atoms with van der Waals surface area (Å²) in [5.41, 5.74) is 7.01. The molecule has 1 aromatic heterocycles. The number of aromatic nitrogens is 2. The second-order valence-electron chi connectivity index (χ2n) is 3.93. The Balaban J connectivity index is 2.15. The van der Waals surface area contributed by atoms with Crippen molar-refractivity contribution in [2.75, 3.05) is 6.61 Å². The SMILES string of the molecule is Cn1ncc(Cl)c1C(N)C1CCCCO1. The molecule has 0 radical (unpaired) electrons. The highest BCUT2D eigenvalue weighted by Gasteiger charge is 2.26. The molecule has 0 amide bonds. The van der Waals surface area contributed by atoms with E-state index in [1.165, 1.54) is 6.42 Å². The lowest BCUT2D eigenvalue weighted by Crippen LogP contribution is -2.33. The van der Waals surface area contributed by atoms with Crippen molar-refractivity contribution >= 4 is 11.6 Å². The summed E-state index contributed by atoms with van der Waals surface area (Å²) < 4.78 is 7.38. The molecule has 1 aliphatic heterocycles. The maximum atomic E-state index is 6.15. The Morgan fingerprint density at radius 3 is 3.00 bits per heavy atom. The van der Waals surface area contributed by atoms with Crippen molar-refractivity contribution in [1.82, 2.24) is 9.78 Å². The summed E-state index contributed by atoms with van der Waals surface area (Å²) in [5, 5.41) is 4.71. The van der Waals surface area contributed by atoms with Gasteiger partial charge in [-0.3, -0.25) is 4.68 Å². The molecule has 1 saturated heterocycles. The fourth-order valence-electron chi connectivity index (χ4n) is 2.02. The first-order valence-electron chi connectivity index (χ1n) is 5.24. The molecule has 0 saturated carbocycles. The molecular weight excluding hydrogens is 214 g/mol. The summed E-state index contributed by atoms with van der Waals surface area (Å²) in [6.45, 7) is 0.799. The van der Waals surface area contributed by atoms with Crippen molar-refractivity contribution in [2.24, 2.45) is 12.8 Å². The maximum absolute atomic E-state index is 6.15. The van der Waals surface area contributed by atoms with Crippen LogP contribution < -0.4 is 5.73 Å². The minimum absolute atomic E-state index is 0.0756. The van der Waals surface area contributed by atoms with Crippen LogP contribution in [0.15, 0.2) is 6.20 Å². The van der Waals surface area contributed by atoms with E-state index in [0.29, 0.717) is 5.02 Å². The van der Waals surface area contributed by atoms with Crippen LogP contribution in [0.25, 0.3) is 0 Å². The van der Waals surface area contributed by atoms with Crippen LogP contribution in [0.5, 0.6) is 0 Å². The van der Waals surface area contributed by atoms with Gasteiger partial charge in [-0.05, 0) is 19.3 Å². The average Bonchev–Trinajstić information content (AvgIpc) is 2.59. The predicted molar refractivity (Wildman–Crippen MR) is 58.7 cm³/mol. The first-order valence-corrected chi connectivity index (χ1v) is 5.62. The van der Waals surface area contributed by atoms with E-state index in [4.69, 9.17) is 22.1 Å². The molecule has 15 heavy (non-hydrogen) atoms. The molecule has 2 heterocycles. The van der Waals surface area contributed by atoms with Gasteiger partial charge in [0.25, 0.3) is 0 Å². The van der Waals surface area contributed by atoms with Gasteiger partial charge in [0.05, 0.1) is 29.1 Å². The van der Waals surface area contributed by atoms with Crippen LogP contribution in [-0.4, -0.2) is 22.5 Å². The standard InChI is InChI=1S/C10H16ClN3O/c1-14-10(7(11)6-13-14)9(12)8-4-2-3-5-15-8/h6,8-9H,2-5,12H2,1H3. The number of halogens is 1. The zero-order valence-corrected chi connectivity index (χ0v) is 9.57. The maximum Gasteiger partial charge on any atom is 0.0834 e. The average molecular weight is 230 g/mol. The first-order chi connectivity index (χ1) is 7.20. The molecule has 1 fully saturated rings. The highest BCUT2D eigenvalue weighted by Crippen LogP contribution is 2.28. The summed E-state index contributed by atoms with van der Waals surface area (Å²) in [6.07, 6.45) is 5.00. The number of aryl methyl sites for hydroxylation is 1. The molecular formula is C10H16ClN3O. The first kappa shape index (κ1) is 10.9. The van der Waals surface area contributed by atoms with Gasteiger partial charge in [0, 0.05) is 13.7 Å². The van der Waals surface area contributed by atoms with Crippen LogP contribution >= 0.6 is 11.6 Å². The van der Waals surface area contributed by atoms with Crippen LogP contribution in [0, 0.1) is 0 Å². The molecule has 2 unspecified atom stereocenters. The van der Waals surface area contributed by atoms with Crippen LogP contribution in [-0.2, 0) is 11.8 Å². The monoisotopic (exact) mass is 229 g/mol. The van der Waals surface area contributed by atoms with E-state index < -0.39 is 0 Å². The molecule has 5 heteroatoms.